The van der Waals surface area contributed by atoms with Gasteiger partial charge in [-0.1, -0.05) is 17.7 Å². The van der Waals surface area contributed by atoms with Crippen LogP contribution in [0.5, 0.6) is 0 Å². The van der Waals surface area contributed by atoms with Crippen LogP contribution in [0.3, 0.4) is 0 Å². The minimum atomic E-state index is -4.69. The molecule has 2 rings (SSSR count). The van der Waals surface area contributed by atoms with Gasteiger partial charge in [0.15, 0.2) is 0 Å². The summed E-state index contributed by atoms with van der Waals surface area (Å²) < 4.78 is 66.3. The number of sulfonamides is 1. The number of non-ortho nitro benzene ring substituents is 1. The average Bonchev–Trinajstić information content (AvgIpc) is 2.64. The summed E-state index contributed by atoms with van der Waals surface area (Å²) in [6.45, 7) is 2.85. The number of halogens is 4. The van der Waals surface area contributed by atoms with Crippen LogP contribution in [0.25, 0.3) is 0 Å². The zero-order valence-electron chi connectivity index (χ0n) is 15.9. The van der Waals surface area contributed by atoms with E-state index in [2.05, 4.69) is 0 Å². The van der Waals surface area contributed by atoms with Gasteiger partial charge in [0.1, 0.15) is 0 Å². The number of hydrogen-bond donors (Lipinski definition) is 1. The normalized spacial score (nSPS) is 13.6. The fourth-order valence-corrected chi connectivity index (χ4v) is 4.64. The van der Waals surface area contributed by atoms with Crippen molar-refractivity contribution >= 4 is 27.3 Å². The fourth-order valence-electron chi connectivity index (χ4n) is 2.75. The van der Waals surface area contributed by atoms with Crippen molar-refractivity contribution in [3.63, 3.8) is 0 Å². The summed E-state index contributed by atoms with van der Waals surface area (Å²) in [6.07, 6.45) is -4.69. The van der Waals surface area contributed by atoms with Crippen LogP contribution in [0, 0.1) is 10.1 Å². The van der Waals surface area contributed by atoms with Crippen LogP contribution in [-0.4, -0.2) is 30.2 Å². The summed E-state index contributed by atoms with van der Waals surface area (Å²) in [5.74, 6) is 0. The van der Waals surface area contributed by atoms with Crippen molar-refractivity contribution in [2.45, 2.75) is 37.0 Å². The summed E-state index contributed by atoms with van der Waals surface area (Å²) >= 11 is 5.61. The van der Waals surface area contributed by atoms with Gasteiger partial charge < -0.3 is 5.73 Å². The van der Waals surface area contributed by atoms with Gasteiger partial charge in [-0.25, -0.2) is 8.42 Å². The van der Waals surface area contributed by atoms with Crippen molar-refractivity contribution in [3.8, 4) is 0 Å². The van der Waals surface area contributed by atoms with E-state index >= 15 is 0 Å². The van der Waals surface area contributed by atoms with Crippen LogP contribution in [-0.2, 0) is 16.2 Å². The first kappa shape index (κ1) is 24.1. The Labute approximate surface area is 176 Å². The third-order valence-electron chi connectivity index (χ3n) is 4.33. The number of alkyl halides is 3. The van der Waals surface area contributed by atoms with Crippen molar-refractivity contribution < 1.29 is 26.5 Å². The first-order chi connectivity index (χ1) is 13.7. The first-order valence-corrected chi connectivity index (χ1v) is 10.5. The molecule has 7 nitrogen and oxygen atoms in total. The van der Waals surface area contributed by atoms with Gasteiger partial charge in [-0.3, -0.25) is 10.1 Å². The lowest BCUT2D eigenvalue weighted by molar-refractivity contribution is -0.384. The lowest BCUT2D eigenvalue weighted by Gasteiger charge is -2.29. The topological polar surface area (TPSA) is 107 Å². The SMILES string of the molecule is CC(C)N(C[C@@H](N)c1ccc(Cl)c(C(F)(F)F)c1)S(=O)(=O)c1ccc([N+](=O)[O-])cc1. The summed E-state index contributed by atoms with van der Waals surface area (Å²) in [5, 5.41) is 10.3. The third kappa shape index (κ3) is 5.28. The maximum Gasteiger partial charge on any atom is 0.417 e. The molecule has 0 aromatic heterocycles. The highest BCUT2D eigenvalue weighted by Gasteiger charge is 2.34. The van der Waals surface area contributed by atoms with Gasteiger partial charge in [0.05, 0.1) is 20.4 Å². The summed E-state index contributed by atoms with van der Waals surface area (Å²) in [5.41, 5.74) is 4.76. The lowest BCUT2D eigenvalue weighted by atomic mass is 10.0. The molecule has 0 spiro atoms. The molecule has 0 saturated heterocycles. The van der Waals surface area contributed by atoms with Crippen molar-refractivity contribution in [1.82, 2.24) is 4.31 Å². The molecular weight excluding hydrogens is 447 g/mol. The maximum absolute atomic E-state index is 13.1. The number of nitro benzene ring substituents is 1. The molecule has 0 fully saturated rings. The molecule has 30 heavy (non-hydrogen) atoms. The number of nitrogens with zero attached hydrogens (tertiary/aromatic N) is 2. The molecule has 0 aliphatic rings. The average molecular weight is 466 g/mol. The second-order valence-electron chi connectivity index (χ2n) is 6.76. The Morgan fingerprint density at radius 2 is 1.73 bits per heavy atom. The zero-order valence-corrected chi connectivity index (χ0v) is 17.5. The van der Waals surface area contributed by atoms with E-state index < -0.39 is 43.8 Å². The number of benzene rings is 2. The minimum absolute atomic E-state index is 0.0660. The van der Waals surface area contributed by atoms with Crippen molar-refractivity contribution in [1.29, 1.82) is 0 Å². The molecule has 12 heteroatoms. The van der Waals surface area contributed by atoms with Gasteiger partial charge in [-0.05, 0) is 43.7 Å². The van der Waals surface area contributed by atoms with Gasteiger partial charge in [0, 0.05) is 30.8 Å². The number of nitrogens with two attached hydrogens (primary N) is 1. The molecule has 2 N–H and O–H groups in total. The molecule has 0 bridgehead atoms. The number of rotatable bonds is 7. The third-order valence-corrected chi connectivity index (χ3v) is 6.72. The molecule has 0 unspecified atom stereocenters. The second-order valence-corrected chi connectivity index (χ2v) is 9.06. The molecular formula is C18H19ClF3N3O4S. The zero-order chi connectivity index (χ0) is 22.9. The predicted octanol–water partition coefficient (Wildman–Crippen LogP) is 4.37. The van der Waals surface area contributed by atoms with Gasteiger partial charge in [0.2, 0.25) is 10.0 Å². The Morgan fingerprint density at radius 1 is 1.17 bits per heavy atom. The van der Waals surface area contributed by atoms with E-state index in [-0.39, 0.29) is 22.7 Å². The van der Waals surface area contributed by atoms with Gasteiger partial charge in [0.25, 0.3) is 5.69 Å². The van der Waals surface area contributed by atoms with E-state index in [0.29, 0.717) is 0 Å². The second kappa shape index (κ2) is 8.88. The molecule has 0 heterocycles. The molecule has 1 atom stereocenters. The Morgan fingerprint density at radius 3 is 2.20 bits per heavy atom. The monoisotopic (exact) mass is 465 g/mol. The molecule has 0 aliphatic carbocycles. The Kier molecular flexibility index (Phi) is 7.12. The number of hydrogen-bond acceptors (Lipinski definition) is 5. The Balaban J connectivity index is 2.36. The van der Waals surface area contributed by atoms with Crippen LogP contribution < -0.4 is 5.73 Å². The molecule has 0 radical (unpaired) electrons. The van der Waals surface area contributed by atoms with Crippen LogP contribution in [0.1, 0.15) is 31.0 Å². The summed E-state index contributed by atoms with van der Waals surface area (Å²) in [6, 6.07) is 5.81. The van der Waals surface area contributed by atoms with E-state index in [4.69, 9.17) is 17.3 Å². The predicted molar refractivity (Wildman–Crippen MR) is 106 cm³/mol. The van der Waals surface area contributed by atoms with E-state index in [0.717, 1.165) is 40.7 Å². The molecule has 0 saturated carbocycles. The van der Waals surface area contributed by atoms with Crippen molar-refractivity contribution in [2.24, 2.45) is 5.73 Å². The maximum atomic E-state index is 13.1. The lowest BCUT2D eigenvalue weighted by Crippen LogP contribution is -2.41. The van der Waals surface area contributed by atoms with Crippen molar-refractivity contribution in [3.05, 3.63) is 68.7 Å². The minimum Gasteiger partial charge on any atom is -0.323 e. The summed E-state index contributed by atoms with van der Waals surface area (Å²) in [4.78, 5) is 9.91. The van der Waals surface area contributed by atoms with Gasteiger partial charge >= 0.3 is 6.18 Å². The van der Waals surface area contributed by atoms with Gasteiger partial charge in [-0.2, -0.15) is 17.5 Å². The standard InChI is InChI=1S/C18H19ClF3N3O4S/c1-11(2)24(30(28,29)14-6-4-13(5-7-14)25(26)27)10-17(23)12-3-8-16(19)15(9-12)18(20,21)22/h3-9,11,17H,10,23H2,1-2H3/t17-/m1/s1. The fraction of sp³-hybridized carbons (Fsp3) is 0.333. The Bertz CT molecular complexity index is 1030. The van der Waals surface area contributed by atoms with E-state index in [1.807, 2.05) is 0 Å². The van der Waals surface area contributed by atoms with Crippen LogP contribution in [0.15, 0.2) is 47.4 Å². The highest BCUT2D eigenvalue weighted by molar-refractivity contribution is 7.89. The van der Waals surface area contributed by atoms with Crippen LogP contribution in [0.2, 0.25) is 5.02 Å². The highest BCUT2D eigenvalue weighted by Crippen LogP contribution is 2.36. The smallest absolute Gasteiger partial charge is 0.323 e. The van der Waals surface area contributed by atoms with Crippen molar-refractivity contribution in [2.75, 3.05) is 6.54 Å². The summed E-state index contributed by atoms with van der Waals surface area (Å²) in [7, 11) is -4.11. The molecule has 0 amide bonds. The van der Waals surface area contributed by atoms with E-state index in [9.17, 15) is 31.7 Å². The van der Waals surface area contributed by atoms with Crippen LogP contribution in [0.4, 0.5) is 18.9 Å². The van der Waals surface area contributed by atoms with E-state index in [1.165, 1.54) is 6.07 Å². The molecule has 0 aliphatic heterocycles. The molecule has 2 aromatic carbocycles. The van der Waals surface area contributed by atoms with Gasteiger partial charge in [-0.15, -0.1) is 0 Å². The first-order valence-electron chi connectivity index (χ1n) is 8.63. The van der Waals surface area contributed by atoms with Crippen LogP contribution >= 0.6 is 11.6 Å². The Hall–Kier alpha value is -2.21. The van der Waals surface area contributed by atoms with E-state index in [1.54, 1.807) is 13.8 Å². The highest BCUT2D eigenvalue weighted by atomic mass is 35.5. The largest absolute Gasteiger partial charge is 0.417 e. The quantitative estimate of drug-likeness (QED) is 0.482. The number of nitro groups is 1. The molecule has 2 aromatic rings. The molecule has 164 valence electrons.